The Labute approximate surface area is 126 Å². The van der Waals surface area contributed by atoms with Crippen molar-refractivity contribution in [3.63, 3.8) is 0 Å². The number of likely N-dealkylation sites (N-methyl/N-ethyl adjacent to an activating group) is 1. The molecular weight excluding hydrogens is 272 g/mol. The quantitative estimate of drug-likeness (QED) is 0.634. The van der Waals surface area contributed by atoms with E-state index in [0.29, 0.717) is 37.4 Å². The van der Waals surface area contributed by atoms with E-state index in [0.717, 1.165) is 6.54 Å². The second-order valence-electron chi connectivity index (χ2n) is 5.44. The fourth-order valence-corrected chi connectivity index (χ4v) is 2.34. The van der Waals surface area contributed by atoms with E-state index in [2.05, 4.69) is 10.00 Å². The van der Waals surface area contributed by atoms with Crippen molar-refractivity contribution in [2.24, 2.45) is 5.73 Å². The molecule has 0 amide bonds. The molecule has 1 aromatic rings. The lowest BCUT2D eigenvalue weighted by atomic mass is 9.93. The van der Waals surface area contributed by atoms with Gasteiger partial charge in [0.05, 0.1) is 26.5 Å². The molecule has 0 bridgehead atoms. The topological polar surface area (TPSA) is 85.8 Å². The van der Waals surface area contributed by atoms with Gasteiger partial charge in [0, 0.05) is 13.7 Å². The Morgan fingerprint density at radius 3 is 2.67 bits per heavy atom. The Bertz CT molecular complexity index is 422. The van der Waals surface area contributed by atoms with Crippen molar-refractivity contribution in [3.05, 3.63) is 11.9 Å². The maximum atomic E-state index is 11.0. The van der Waals surface area contributed by atoms with Gasteiger partial charge in [-0.15, -0.1) is 0 Å². The number of ether oxygens (including phenoxy) is 2. The first kappa shape index (κ1) is 17.9. The molecule has 0 saturated carbocycles. The van der Waals surface area contributed by atoms with Crippen LogP contribution in [-0.2, 0) is 16.9 Å². The van der Waals surface area contributed by atoms with Crippen LogP contribution >= 0.6 is 0 Å². The Morgan fingerprint density at radius 1 is 1.43 bits per heavy atom. The van der Waals surface area contributed by atoms with Crippen molar-refractivity contribution >= 4 is 0 Å². The average molecular weight is 300 g/mol. The summed E-state index contributed by atoms with van der Waals surface area (Å²) < 4.78 is 12.4. The van der Waals surface area contributed by atoms with Crippen LogP contribution < -0.4 is 10.5 Å². The summed E-state index contributed by atoms with van der Waals surface area (Å²) in [5, 5.41) is 15.4. The van der Waals surface area contributed by atoms with Crippen LogP contribution in [-0.4, -0.2) is 67.8 Å². The number of aromatic nitrogens is 2. The summed E-state index contributed by atoms with van der Waals surface area (Å²) in [6.07, 6.45) is 2.83. The van der Waals surface area contributed by atoms with Crippen molar-refractivity contribution in [2.45, 2.75) is 25.0 Å². The van der Waals surface area contributed by atoms with Gasteiger partial charge in [-0.1, -0.05) is 0 Å². The molecule has 21 heavy (non-hydrogen) atoms. The summed E-state index contributed by atoms with van der Waals surface area (Å²) >= 11 is 0. The molecule has 0 spiro atoms. The highest BCUT2D eigenvalue weighted by molar-refractivity contribution is 5.31. The molecule has 7 heteroatoms. The first-order valence-electron chi connectivity index (χ1n) is 7.15. The summed E-state index contributed by atoms with van der Waals surface area (Å²) in [5.74, 6) is 0.574. The normalized spacial score (nSPS) is 14.4. The molecular formula is C14H28N4O3. The SMILES string of the molecule is COCC(O)(CCCN)c1c(OC)cnn1CCN(C)C. The molecule has 0 aliphatic rings. The highest BCUT2D eigenvalue weighted by Crippen LogP contribution is 2.34. The molecule has 0 saturated heterocycles. The summed E-state index contributed by atoms with van der Waals surface area (Å²) in [4.78, 5) is 2.06. The van der Waals surface area contributed by atoms with Gasteiger partial charge in [-0.2, -0.15) is 5.10 Å². The van der Waals surface area contributed by atoms with E-state index in [9.17, 15) is 5.11 Å². The second-order valence-corrected chi connectivity index (χ2v) is 5.44. The van der Waals surface area contributed by atoms with Crippen LogP contribution in [0.4, 0.5) is 0 Å². The largest absolute Gasteiger partial charge is 0.493 e. The van der Waals surface area contributed by atoms with Gasteiger partial charge in [-0.3, -0.25) is 4.68 Å². The predicted molar refractivity (Wildman–Crippen MR) is 81.4 cm³/mol. The fourth-order valence-electron chi connectivity index (χ4n) is 2.34. The van der Waals surface area contributed by atoms with Crippen molar-refractivity contribution < 1.29 is 14.6 Å². The minimum absolute atomic E-state index is 0.178. The van der Waals surface area contributed by atoms with Crippen molar-refractivity contribution in [1.82, 2.24) is 14.7 Å². The zero-order chi connectivity index (χ0) is 15.9. The zero-order valence-electron chi connectivity index (χ0n) is 13.5. The van der Waals surface area contributed by atoms with E-state index < -0.39 is 5.60 Å². The molecule has 1 unspecified atom stereocenters. The van der Waals surface area contributed by atoms with Gasteiger partial charge in [-0.05, 0) is 33.5 Å². The molecule has 0 fully saturated rings. The lowest BCUT2D eigenvalue weighted by Gasteiger charge is -2.29. The maximum Gasteiger partial charge on any atom is 0.163 e. The molecule has 7 nitrogen and oxygen atoms in total. The monoisotopic (exact) mass is 300 g/mol. The maximum absolute atomic E-state index is 11.0. The minimum atomic E-state index is -1.15. The Balaban J connectivity index is 3.11. The van der Waals surface area contributed by atoms with Gasteiger partial charge in [-0.25, -0.2) is 0 Å². The molecule has 0 radical (unpaired) electrons. The molecule has 1 rings (SSSR count). The zero-order valence-corrected chi connectivity index (χ0v) is 13.5. The van der Waals surface area contributed by atoms with Gasteiger partial charge >= 0.3 is 0 Å². The predicted octanol–water partition coefficient (Wildman–Crippen LogP) is 0.0262. The van der Waals surface area contributed by atoms with E-state index in [4.69, 9.17) is 15.2 Å². The van der Waals surface area contributed by atoms with E-state index in [-0.39, 0.29) is 6.61 Å². The number of aliphatic hydroxyl groups is 1. The molecule has 3 N–H and O–H groups in total. The number of hydrogen-bond donors (Lipinski definition) is 2. The second kappa shape index (κ2) is 8.33. The third-order valence-electron chi connectivity index (χ3n) is 3.40. The Morgan fingerprint density at radius 2 is 2.14 bits per heavy atom. The van der Waals surface area contributed by atoms with Crippen LogP contribution in [0.15, 0.2) is 6.20 Å². The smallest absolute Gasteiger partial charge is 0.163 e. The molecule has 122 valence electrons. The third kappa shape index (κ3) is 4.67. The Kier molecular flexibility index (Phi) is 7.10. The highest BCUT2D eigenvalue weighted by Gasteiger charge is 2.36. The van der Waals surface area contributed by atoms with Crippen LogP contribution in [0.3, 0.4) is 0 Å². The summed E-state index contributed by atoms with van der Waals surface area (Å²) in [6.45, 7) is 2.18. The van der Waals surface area contributed by atoms with Crippen LogP contribution in [0, 0.1) is 0 Å². The third-order valence-corrected chi connectivity index (χ3v) is 3.40. The van der Waals surface area contributed by atoms with Crippen LogP contribution in [0.5, 0.6) is 5.75 Å². The molecule has 1 atom stereocenters. The van der Waals surface area contributed by atoms with Gasteiger partial charge in [0.25, 0.3) is 0 Å². The number of hydrogen-bond acceptors (Lipinski definition) is 6. The minimum Gasteiger partial charge on any atom is -0.493 e. The van der Waals surface area contributed by atoms with Gasteiger partial charge in [0.15, 0.2) is 5.75 Å². The highest BCUT2D eigenvalue weighted by atomic mass is 16.5. The van der Waals surface area contributed by atoms with E-state index in [1.807, 2.05) is 14.1 Å². The standard InChI is InChI=1S/C14H28N4O3/c1-17(2)8-9-18-13(12(21-4)10-16-18)14(19,11-20-3)6-5-7-15/h10,19H,5-9,11,15H2,1-4H3. The van der Waals surface area contributed by atoms with Gasteiger partial charge in [0.1, 0.15) is 11.3 Å². The van der Waals surface area contributed by atoms with E-state index in [1.54, 1.807) is 25.1 Å². The lowest BCUT2D eigenvalue weighted by Crippen LogP contribution is -2.36. The Hall–Kier alpha value is -1.15. The van der Waals surface area contributed by atoms with Crippen molar-refractivity contribution in [1.29, 1.82) is 0 Å². The fraction of sp³-hybridized carbons (Fsp3) is 0.786. The first-order valence-corrected chi connectivity index (χ1v) is 7.15. The van der Waals surface area contributed by atoms with E-state index in [1.165, 1.54) is 0 Å². The number of rotatable bonds is 10. The first-order chi connectivity index (χ1) is 9.98. The molecule has 0 aliphatic heterocycles. The number of nitrogens with two attached hydrogens (primary N) is 1. The molecule has 0 aromatic carbocycles. The molecule has 0 aliphatic carbocycles. The summed E-state index contributed by atoms with van der Waals surface area (Å²) in [5.41, 5.74) is 5.08. The average Bonchev–Trinajstić information content (AvgIpc) is 2.87. The van der Waals surface area contributed by atoms with Crippen LogP contribution in [0.25, 0.3) is 0 Å². The number of methoxy groups -OCH3 is 2. The van der Waals surface area contributed by atoms with Gasteiger partial charge in [0.2, 0.25) is 0 Å². The lowest BCUT2D eigenvalue weighted by molar-refractivity contribution is -0.0507. The van der Waals surface area contributed by atoms with Crippen molar-refractivity contribution in [3.8, 4) is 5.75 Å². The number of nitrogens with zero attached hydrogens (tertiary/aromatic N) is 3. The summed E-state index contributed by atoms with van der Waals surface area (Å²) in [6, 6.07) is 0. The summed E-state index contributed by atoms with van der Waals surface area (Å²) in [7, 11) is 7.14. The molecule has 1 aromatic heterocycles. The van der Waals surface area contributed by atoms with Crippen LogP contribution in [0.1, 0.15) is 18.5 Å². The van der Waals surface area contributed by atoms with E-state index >= 15 is 0 Å². The van der Waals surface area contributed by atoms with Crippen molar-refractivity contribution in [2.75, 3.05) is 48.0 Å². The van der Waals surface area contributed by atoms with Gasteiger partial charge < -0.3 is 25.2 Å². The van der Waals surface area contributed by atoms with Crippen LogP contribution in [0.2, 0.25) is 0 Å². The molecule has 1 heterocycles.